The Hall–Kier alpha value is -1.13. The third-order valence-electron chi connectivity index (χ3n) is 2.89. The highest BCUT2D eigenvalue weighted by molar-refractivity contribution is 7.98. The second-order valence-electron chi connectivity index (χ2n) is 4.83. The zero-order valence-corrected chi connectivity index (χ0v) is 13.2. The quantitative estimate of drug-likeness (QED) is 0.587. The van der Waals surface area contributed by atoms with Crippen LogP contribution in [0.1, 0.15) is 36.8 Å². The summed E-state index contributed by atoms with van der Waals surface area (Å²) in [5.41, 5.74) is 1.93. The summed E-state index contributed by atoms with van der Waals surface area (Å²) in [7, 11) is 0. The minimum absolute atomic E-state index is 0.231. The molecular formula is C15H16ClFN2S. The maximum absolute atomic E-state index is 12.8. The van der Waals surface area contributed by atoms with Gasteiger partial charge in [-0.15, -0.1) is 11.8 Å². The number of thioether (sulfide) groups is 1. The molecule has 1 aromatic carbocycles. The van der Waals surface area contributed by atoms with Gasteiger partial charge in [0.05, 0.1) is 5.75 Å². The van der Waals surface area contributed by atoms with Crippen molar-refractivity contribution >= 4 is 23.4 Å². The van der Waals surface area contributed by atoms with E-state index in [4.69, 9.17) is 11.6 Å². The van der Waals surface area contributed by atoms with Crippen LogP contribution in [0.2, 0.25) is 5.15 Å². The Kier molecular flexibility index (Phi) is 5.00. The molecule has 0 bridgehead atoms. The van der Waals surface area contributed by atoms with Crippen LogP contribution >= 0.6 is 23.4 Å². The van der Waals surface area contributed by atoms with E-state index < -0.39 is 0 Å². The minimum Gasteiger partial charge on any atom is -0.237 e. The number of halogens is 2. The molecule has 0 atom stereocenters. The molecule has 0 radical (unpaired) electrons. The summed E-state index contributed by atoms with van der Waals surface area (Å²) in [6.45, 7) is 6.10. The maximum atomic E-state index is 12.8. The Labute approximate surface area is 127 Å². The van der Waals surface area contributed by atoms with Crippen molar-refractivity contribution in [2.45, 2.75) is 37.3 Å². The van der Waals surface area contributed by atoms with Crippen LogP contribution in [0.25, 0.3) is 0 Å². The van der Waals surface area contributed by atoms with Gasteiger partial charge in [-0.3, -0.25) is 0 Å². The maximum Gasteiger partial charge on any atom is 0.140 e. The first-order valence-electron chi connectivity index (χ1n) is 6.38. The highest BCUT2D eigenvalue weighted by Crippen LogP contribution is 2.27. The lowest BCUT2D eigenvalue weighted by Crippen LogP contribution is -2.03. The third kappa shape index (κ3) is 3.70. The van der Waals surface area contributed by atoms with Gasteiger partial charge in [0.1, 0.15) is 16.8 Å². The number of hydrogen-bond donors (Lipinski definition) is 0. The SMILES string of the molecule is Cc1nc(CSc2ccc(F)cc2)nc(Cl)c1C(C)C. The first-order valence-corrected chi connectivity index (χ1v) is 7.75. The van der Waals surface area contributed by atoms with E-state index in [-0.39, 0.29) is 5.82 Å². The first kappa shape index (κ1) is 15.3. The van der Waals surface area contributed by atoms with Crippen LogP contribution in [0.15, 0.2) is 29.2 Å². The second-order valence-corrected chi connectivity index (χ2v) is 6.23. The standard InChI is InChI=1S/C15H16ClFN2S/c1-9(2)14-10(3)18-13(19-15(14)16)8-20-12-6-4-11(17)5-7-12/h4-7,9H,8H2,1-3H3. The van der Waals surface area contributed by atoms with Crippen molar-refractivity contribution in [3.05, 3.63) is 52.3 Å². The summed E-state index contributed by atoms with van der Waals surface area (Å²) in [6.07, 6.45) is 0. The van der Waals surface area contributed by atoms with E-state index in [9.17, 15) is 4.39 Å². The highest BCUT2D eigenvalue weighted by atomic mass is 35.5. The van der Waals surface area contributed by atoms with Gasteiger partial charge in [-0.25, -0.2) is 14.4 Å². The predicted molar refractivity (Wildman–Crippen MR) is 81.8 cm³/mol. The summed E-state index contributed by atoms with van der Waals surface area (Å²) in [5.74, 6) is 1.39. The monoisotopic (exact) mass is 310 g/mol. The molecule has 0 saturated heterocycles. The second kappa shape index (κ2) is 6.55. The summed E-state index contributed by atoms with van der Waals surface area (Å²) >= 11 is 7.79. The molecule has 0 saturated carbocycles. The van der Waals surface area contributed by atoms with Crippen LogP contribution in [0.4, 0.5) is 4.39 Å². The Balaban J connectivity index is 2.12. The number of benzene rings is 1. The molecular weight excluding hydrogens is 295 g/mol. The molecule has 2 rings (SSSR count). The number of nitrogens with zero attached hydrogens (tertiary/aromatic N) is 2. The number of hydrogen-bond acceptors (Lipinski definition) is 3. The lowest BCUT2D eigenvalue weighted by atomic mass is 10.0. The van der Waals surface area contributed by atoms with Crippen molar-refractivity contribution in [2.24, 2.45) is 0 Å². The predicted octanol–water partition coefficient (Wildman–Crippen LogP) is 4.99. The third-order valence-corrected chi connectivity index (χ3v) is 4.19. The van der Waals surface area contributed by atoms with Gasteiger partial charge < -0.3 is 0 Å². The molecule has 0 aliphatic carbocycles. The normalized spacial score (nSPS) is 11.1. The summed E-state index contributed by atoms with van der Waals surface area (Å²) in [5, 5.41) is 0.530. The first-order chi connectivity index (χ1) is 9.47. The zero-order valence-electron chi connectivity index (χ0n) is 11.7. The molecule has 106 valence electrons. The lowest BCUT2D eigenvalue weighted by Gasteiger charge is -2.12. The minimum atomic E-state index is -0.231. The van der Waals surface area contributed by atoms with Crippen molar-refractivity contribution < 1.29 is 4.39 Å². The van der Waals surface area contributed by atoms with Crippen LogP contribution in [0.3, 0.4) is 0 Å². The van der Waals surface area contributed by atoms with Crippen LogP contribution < -0.4 is 0 Å². The molecule has 2 aromatic rings. The largest absolute Gasteiger partial charge is 0.237 e. The summed E-state index contributed by atoms with van der Waals surface area (Å²) in [4.78, 5) is 9.83. The smallest absolute Gasteiger partial charge is 0.140 e. The zero-order chi connectivity index (χ0) is 14.7. The molecule has 20 heavy (non-hydrogen) atoms. The van der Waals surface area contributed by atoms with E-state index in [1.54, 1.807) is 23.9 Å². The number of aryl methyl sites for hydroxylation is 1. The van der Waals surface area contributed by atoms with E-state index in [1.807, 2.05) is 6.92 Å². The Morgan fingerprint density at radius 3 is 2.40 bits per heavy atom. The Morgan fingerprint density at radius 1 is 1.20 bits per heavy atom. The van der Waals surface area contributed by atoms with Crippen molar-refractivity contribution in [3.63, 3.8) is 0 Å². The highest BCUT2D eigenvalue weighted by Gasteiger charge is 2.13. The Bertz CT molecular complexity index is 576. The lowest BCUT2D eigenvalue weighted by molar-refractivity contribution is 0.626. The molecule has 2 nitrogen and oxygen atoms in total. The van der Waals surface area contributed by atoms with Gasteiger partial charge in [0.15, 0.2) is 0 Å². The van der Waals surface area contributed by atoms with Gasteiger partial charge in [-0.05, 0) is 37.1 Å². The van der Waals surface area contributed by atoms with Gasteiger partial charge in [-0.1, -0.05) is 25.4 Å². The fourth-order valence-electron chi connectivity index (χ4n) is 2.00. The van der Waals surface area contributed by atoms with E-state index in [0.29, 0.717) is 22.6 Å². The van der Waals surface area contributed by atoms with Gasteiger partial charge in [0.2, 0.25) is 0 Å². The average molecular weight is 311 g/mol. The molecule has 1 heterocycles. The molecule has 0 aliphatic rings. The number of rotatable bonds is 4. The molecule has 0 unspecified atom stereocenters. The molecule has 0 aliphatic heterocycles. The van der Waals surface area contributed by atoms with Crippen LogP contribution in [-0.4, -0.2) is 9.97 Å². The van der Waals surface area contributed by atoms with Crippen LogP contribution in [0.5, 0.6) is 0 Å². The van der Waals surface area contributed by atoms with Crippen molar-refractivity contribution in [2.75, 3.05) is 0 Å². The molecule has 0 amide bonds. The van der Waals surface area contributed by atoms with E-state index >= 15 is 0 Å². The molecule has 0 spiro atoms. The molecule has 1 aromatic heterocycles. The van der Waals surface area contributed by atoms with Crippen LogP contribution in [-0.2, 0) is 5.75 Å². The van der Waals surface area contributed by atoms with Gasteiger partial charge in [0, 0.05) is 16.2 Å². The van der Waals surface area contributed by atoms with Crippen molar-refractivity contribution in [1.82, 2.24) is 9.97 Å². The fraction of sp³-hybridized carbons (Fsp3) is 0.333. The van der Waals surface area contributed by atoms with E-state index in [2.05, 4.69) is 23.8 Å². The summed E-state index contributed by atoms with van der Waals surface area (Å²) < 4.78 is 12.8. The topological polar surface area (TPSA) is 25.8 Å². The summed E-state index contributed by atoms with van der Waals surface area (Å²) in [6, 6.07) is 6.39. The number of aromatic nitrogens is 2. The van der Waals surface area contributed by atoms with Crippen LogP contribution in [0, 0.1) is 12.7 Å². The van der Waals surface area contributed by atoms with E-state index in [0.717, 1.165) is 16.2 Å². The molecule has 5 heteroatoms. The molecule has 0 fully saturated rings. The van der Waals surface area contributed by atoms with Gasteiger partial charge in [0.25, 0.3) is 0 Å². The Morgan fingerprint density at radius 2 is 1.85 bits per heavy atom. The van der Waals surface area contributed by atoms with Crippen molar-refractivity contribution in [3.8, 4) is 0 Å². The fourth-order valence-corrected chi connectivity index (χ4v) is 3.21. The average Bonchev–Trinajstić information content (AvgIpc) is 2.37. The van der Waals surface area contributed by atoms with Gasteiger partial charge >= 0.3 is 0 Å². The van der Waals surface area contributed by atoms with E-state index in [1.165, 1.54) is 12.1 Å². The van der Waals surface area contributed by atoms with Crippen molar-refractivity contribution in [1.29, 1.82) is 0 Å². The molecule has 0 N–H and O–H groups in total. The van der Waals surface area contributed by atoms with Gasteiger partial charge in [-0.2, -0.15) is 0 Å².